The van der Waals surface area contributed by atoms with E-state index < -0.39 is 0 Å². The molecule has 3 aliphatic rings. The Morgan fingerprint density at radius 2 is 1.67 bits per heavy atom. The first-order valence-corrected chi connectivity index (χ1v) is 7.25. The molecule has 4 atom stereocenters. The molecule has 2 fully saturated rings. The third-order valence-electron chi connectivity index (χ3n) is 4.87. The quantitative estimate of drug-likeness (QED) is 0.586. The summed E-state index contributed by atoms with van der Waals surface area (Å²) in [6, 6.07) is 5.29. The fourth-order valence-electron chi connectivity index (χ4n) is 4.14. The molecule has 0 spiro atoms. The third kappa shape index (κ3) is 1.47. The minimum Gasteiger partial charge on any atom is -0.274 e. The summed E-state index contributed by atoms with van der Waals surface area (Å²) in [5.41, 5.74) is 2.50. The summed E-state index contributed by atoms with van der Waals surface area (Å²) in [5.74, 6) is -0.0391. The van der Waals surface area contributed by atoms with E-state index in [9.17, 15) is 9.59 Å². The smallest absolute Gasteiger partial charge is 0.239 e. The van der Waals surface area contributed by atoms with Crippen LogP contribution in [0.15, 0.2) is 47.7 Å². The van der Waals surface area contributed by atoms with Crippen LogP contribution >= 0.6 is 0 Å². The van der Waals surface area contributed by atoms with Gasteiger partial charge < -0.3 is 0 Å². The zero-order valence-electron chi connectivity index (χ0n) is 12.0. The molecule has 1 aromatic heterocycles. The van der Waals surface area contributed by atoms with E-state index >= 15 is 0 Å². The lowest BCUT2D eigenvalue weighted by molar-refractivity contribution is -0.123. The van der Waals surface area contributed by atoms with E-state index in [4.69, 9.17) is 0 Å². The van der Waals surface area contributed by atoms with Gasteiger partial charge in [-0.15, -0.1) is 0 Å². The van der Waals surface area contributed by atoms with Crippen LogP contribution in [0.2, 0.25) is 0 Å². The van der Waals surface area contributed by atoms with Crippen LogP contribution in [0.1, 0.15) is 13.8 Å². The van der Waals surface area contributed by atoms with E-state index in [1.807, 2.05) is 0 Å². The van der Waals surface area contributed by atoms with Gasteiger partial charge in [0.2, 0.25) is 11.8 Å². The van der Waals surface area contributed by atoms with Crippen LogP contribution in [0.4, 0.5) is 5.82 Å². The van der Waals surface area contributed by atoms with Crippen LogP contribution in [-0.2, 0) is 9.59 Å². The summed E-state index contributed by atoms with van der Waals surface area (Å²) in [6.07, 6.45) is 5.81. The van der Waals surface area contributed by atoms with E-state index in [2.05, 4.69) is 31.0 Å². The minimum atomic E-state index is -0.237. The van der Waals surface area contributed by atoms with Crippen LogP contribution in [0, 0.1) is 23.7 Å². The van der Waals surface area contributed by atoms with Crippen molar-refractivity contribution in [2.75, 3.05) is 4.90 Å². The predicted octanol–water partition coefficient (Wildman–Crippen LogP) is 2.34. The Hall–Kier alpha value is -2.23. The molecule has 4 heteroatoms. The topological polar surface area (TPSA) is 50.3 Å². The van der Waals surface area contributed by atoms with Crippen molar-refractivity contribution in [1.82, 2.24) is 4.98 Å². The molecule has 1 aliphatic heterocycles. The van der Waals surface area contributed by atoms with Crippen LogP contribution < -0.4 is 4.90 Å². The number of pyridine rings is 1. The highest BCUT2D eigenvalue weighted by Gasteiger charge is 2.62. The molecule has 2 aliphatic carbocycles. The van der Waals surface area contributed by atoms with Gasteiger partial charge in [-0.25, -0.2) is 9.88 Å². The maximum Gasteiger partial charge on any atom is 0.239 e. The standard InChI is InChI=1S/C17H16N2O2/c1-9(2)13-10-6-7-11(13)15-14(10)16(20)19(17(15)21)12-5-3-4-8-18-12/h3-8,10-11,14-15H,1-2H3/t10-,11-,14-,15+/m1/s1. The fraction of sp³-hybridized carbons (Fsp3) is 0.353. The van der Waals surface area contributed by atoms with Gasteiger partial charge in [0.1, 0.15) is 5.82 Å². The van der Waals surface area contributed by atoms with E-state index in [0.29, 0.717) is 5.82 Å². The lowest BCUT2D eigenvalue weighted by atomic mass is 9.85. The molecular formula is C17H16N2O2. The van der Waals surface area contributed by atoms with E-state index in [0.717, 1.165) is 0 Å². The van der Waals surface area contributed by atoms with E-state index in [1.165, 1.54) is 16.0 Å². The normalized spacial score (nSPS) is 33.0. The summed E-state index contributed by atoms with van der Waals surface area (Å²) in [6.45, 7) is 4.13. The maximum atomic E-state index is 12.8. The second kappa shape index (κ2) is 4.13. The summed E-state index contributed by atoms with van der Waals surface area (Å²) < 4.78 is 0. The number of amides is 2. The molecule has 4 nitrogen and oxygen atoms in total. The number of imide groups is 1. The first-order chi connectivity index (χ1) is 10.1. The number of aromatic nitrogens is 1. The van der Waals surface area contributed by atoms with Crippen LogP contribution in [-0.4, -0.2) is 16.8 Å². The average Bonchev–Trinajstić information content (AvgIpc) is 3.10. The van der Waals surface area contributed by atoms with Crippen molar-refractivity contribution < 1.29 is 9.59 Å². The van der Waals surface area contributed by atoms with Crippen LogP contribution in [0.25, 0.3) is 0 Å². The van der Waals surface area contributed by atoms with Gasteiger partial charge in [0.25, 0.3) is 0 Å². The van der Waals surface area contributed by atoms with Gasteiger partial charge in [0.15, 0.2) is 0 Å². The second-order valence-electron chi connectivity index (χ2n) is 6.14. The Kier molecular flexibility index (Phi) is 2.46. The lowest BCUT2D eigenvalue weighted by Gasteiger charge is -2.18. The molecule has 0 radical (unpaired) electrons. The Balaban J connectivity index is 1.79. The molecule has 106 valence electrons. The molecular weight excluding hydrogens is 264 g/mol. The van der Waals surface area contributed by atoms with E-state index in [-0.39, 0.29) is 35.5 Å². The van der Waals surface area contributed by atoms with Crippen molar-refractivity contribution in [1.29, 1.82) is 0 Å². The summed E-state index contributed by atoms with van der Waals surface area (Å²) in [4.78, 5) is 31.0. The number of carbonyl (C=O) groups excluding carboxylic acids is 2. The third-order valence-corrected chi connectivity index (χ3v) is 4.87. The SMILES string of the molecule is CC(C)=C1[C@H]2C=C[C@H]1[C@H]1C(=O)N(c3ccccn3)C(=O)[C@H]12. The van der Waals surface area contributed by atoms with Gasteiger partial charge in [0.05, 0.1) is 11.8 Å². The summed E-state index contributed by atoms with van der Waals surface area (Å²) >= 11 is 0. The molecule has 0 N–H and O–H groups in total. The molecule has 0 unspecified atom stereocenters. The van der Waals surface area contributed by atoms with Gasteiger partial charge in [-0.3, -0.25) is 9.59 Å². The fourth-order valence-corrected chi connectivity index (χ4v) is 4.14. The van der Waals surface area contributed by atoms with Gasteiger partial charge in [0, 0.05) is 18.0 Å². The number of rotatable bonds is 1. The molecule has 21 heavy (non-hydrogen) atoms. The average molecular weight is 280 g/mol. The molecule has 2 amide bonds. The Bertz CT molecular complexity index is 667. The Morgan fingerprint density at radius 1 is 1.05 bits per heavy atom. The highest BCUT2D eigenvalue weighted by Crippen LogP contribution is 2.56. The molecule has 1 saturated heterocycles. The molecule has 2 bridgehead atoms. The minimum absolute atomic E-state index is 0.0927. The number of fused-ring (bicyclic) bond motifs is 5. The van der Waals surface area contributed by atoms with Crippen molar-refractivity contribution in [2.45, 2.75) is 13.8 Å². The van der Waals surface area contributed by atoms with Crippen LogP contribution in [0.5, 0.6) is 0 Å². The molecule has 1 saturated carbocycles. The largest absolute Gasteiger partial charge is 0.274 e. The Morgan fingerprint density at radius 3 is 2.14 bits per heavy atom. The summed E-state index contributed by atoms with van der Waals surface area (Å²) in [5, 5.41) is 0. The lowest BCUT2D eigenvalue weighted by Crippen LogP contribution is -2.33. The number of hydrogen-bond acceptors (Lipinski definition) is 3. The number of carbonyl (C=O) groups is 2. The first-order valence-electron chi connectivity index (χ1n) is 7.25. The van der Waals surface area contributed by atoms with E-state index in [1.54, 1.807) is 24.4 Å². The zero-order chi connectivity index (χ0) is 14.7. The van der Waals surface area contributed by atoms with Crippen molar-refractivity contribution >= 4 is 17.6 Å². The monoisotopic (exact) mass is 280 g/mol. The van der Waals surface area contributed by atoms with Crippen molar-refractivity contribution in [3.8, 4) is 0 Å². The van der Waals surface area contributed by atoms with Crippen molar-refractivity contribution in [3.63, 3.8) is 0 Å². The second-order valence-corrected chi connectivity index (χ2v) is 6.14. The molecule has 0 aromatic carbocycles. The molecule has 2 heterocycles. The highest BCUT2D eigenvalue weighted by atomic mass is 16.2. The molecule has 1 aromatic rings. The van der Waals surface area contributed by atoms with Crippen molar-refractivity contribution in [2.24, 2.45) is 23.7 Å². The first kappa shape index (κ1) is 12.5. The predicted molar refractivity (Wildman–Crippen MR) is 78.2 cm³/mol. The van der Waals surface area contributed by atoms with Crippen LogP contribution in [0.3, 0.4) is 0 Å². The number of nitrogens with zero attached hydrogens (tertiary/aromatic N) is 2. The highest BCUT2D eigenvalue weighted by molar-refractivity contribution is 6.22. The number of hydrogen-bond donors (Lipinski definition) is 0. The summed E-state index contributed by atoms with van der Waals surface area (Å²) in [7, 11) is 0. The van der Waals surface area contributed by atoms with Gasteiger partial charge in [-0.1, -0.05) is 29.4 Å². The Labute approximate surface area is 123 Å². The van der Waals surface area contributed by atoms with Gasteiger partial charge in [-0.05, 0) is 26.0 Å². The number of allylic oxidation sites excluding steroid dienone is 4. The van der Waals surface area contributed by atoms with Gasteiger partial charge in [-0.2, -0.15) is 0 Å². The van der Waals surface area contributed by atoms with Gasteiger partial charge >= 0.3 is 0 Å². The molecule has 4 rings (SSSR count). The van der Waals surface area contributed by atoms with Crippen molar-refractivity contribution in [3.05, 3.63) is 47.7 Å². The zero-order valence-corrected chi connectivity index (χ0v) is 12.0. The maximum absolute atomic E-state index is 12.8. The number of anilines is 1.